The van der Waals surface area contributed by atoms with Crippen molar-refractivity contribution in [1.29, 1.82) is 0 Å². The quantitative estimate of drug-likeness (QED) is 0.394. The Kier molecular flexibility index (Phi) is 11.9. The molecule has 1 aliphatic rings. The molecular formula is C30H41N5O5S. The van der Waals surface area contributed by atoms with Gasteiger partial charge in [-0.15, -0.1) is 0 Å². The molecule has 0 bridgehead atoms. The predicted octanol–water partition coefficient (Wildman–Crippen LogP) is 1.79. The first kappa shape index (κ1) is 31.8. The minimum absolute atomic E-state index is 0.0756. The van der Waals surface area contributed by atoms with Crippen molar-refractivity contribution in [3.05, 3.63) is 58.3 Å². The molecule has 1 fully saturated rings. The molecule has 10 nitrogen and oxygen atoms in total. The third-order valence-electron chi connectivity index (χ3n) is 6.93. The summed E-state index contributed by atoms with van der Waals surface area (Å²) in [5.74, 6) is -2.10. The summed E-state index contributed by atoms with van der Waals surface area (Å²) in [6.45, 7) is 7.11. The van der Waals surface area contributed by atoms with Crippen LogP contribution in [-0.2, 0) is 36.8 Å². The highest BCUT2D eigenvalue weighted by Crippen LogP contribution is 2.12. The summed E-state index contributed by atoms with van der Waals surface area (Å²) in [5.41, 5.74) is 1.70. The van der Waals surface area contributed by atoms with E-state index >= 15 is 0 Å². The van der Waals surface area contributed by atoms with E-state index in [-0.39, 0.29) is 37.8 Å². The fourth-order valence-corrected chi connectivity index (χ4v) is 5.30. The third-order valence-corrected chi connectivity index (χ3v) is 7.66. The molecule has 4 atom stereocenters. The molecule has 4 N–H and O–H groups in total. The van der Waals surface area contributed by atoms with Gasteiger partial charge in [-0.3, -0.25) is 24.0 Å². The predicted molar refractivity (Wildman–Crippen MR) is 158 cm³/mol. The van der Waals surface area contributed by atoms with Crippen molar-refractivity contribution < 1.29 is 24.0 Å². The highest BCUT2D eigenvalue weighted by molar-refractivity contribution is 7.08. The van der Waals surface area contributed by atoms with Crippen molar-refractivity contribution >= 4 is 40.9 Å². The van der Waals surface area contributed by atoms with Crippen LogP contribution in [0.3, 0.4) is 0 Å². The summed E-state index contributed by atoms with van der Waals surface area (Å²) in [6, 6.07) is 7.99. The topological polar surface area (TPSA) is 137 Å². The van der Waals surface area contributed by atoms with Gasteiger partial charge in [0.25, 0.3) is 0 Å². The fourth-order valence-electron chi connectivity index (χ4n) is 4.64. The summed E-state index contributed by atoms with van der Waals surface area (Å²) in [5, 5.41) is 15.0. The molecular weight excluding hydrogens is 542 g/mol. The first-order valence-corrected chi connectivity index (χ1v) is 15.0. The van der Waals surface area contributed by atoms with Gasteiger partial charge >= 0.3 is 0 Å². The smallest absolute Gasteiger partial charge is 0.243 e. The Balaban J connectivity index is 1.93. The summed E-state index contributed by atoms with van der Waals surface area (Å²) in [4.78, 5) is 67.8. The van der Waals surface area contributed by atoms with E-state index in [4.69, 9.17) is 0 Å². The van der Waals surface area contributed by atoms with Crippen LogP contribution in [0.15, 0.2) is 47.2 Å². The zero-order valence-corrected chi connectivity index (χ0v) is 25.0. The van der Waals surface area contributed by atoms with Crippen LogP contribution in [0.4, 0.5) is 0 Å². The van der Waals surface area contributed by atoms with Gasteiger partial charge in [-0.05, 0) is 53.6 Å². The number of rotatable bonds is 7. The number of hydrogen-bond donors (Lipinski definition) is 4. The standard InChI is InChI=1S/C30H41N5O5S/c1-5-23-16-35(27(37)15-22-11-12-41-18-22)17-26(36)31-20(4)28(38)33-24(13-19(2)3)30(40)34-25(29(39)32-23)14-21-9-7-6-8-10-21/h6-12,18-20,23-25H,5,13-17H2,1-4H3,(H,31,36)(H,32,39)(H,33,38)(H,34,40)/t20-,23+,24+,25+/m1/s1. The van der Waals surface area contributed by atoms with E-state index in [1.54, 1.807) is 0 Å². The lowest BCUT2D eigenvalue weighted by atomic mass is 10.0. The van der Waals surface area contributed by atoms with Crippen molar-refractivity contribution in [1.82, 2.24) is 26.2 Å². The van der Waals surface area contributed by atoms with Crippen LogP contribution < -0.4 is 21.3 Å². The molecule has 0 spiro atoms. The lowest BCUT2D eigenvalue weighted by Crippen LogP contribution is -2.57. The molecule has 0 saturated carbocycles. The molecule has 11 heteroatoms. The molecule has 41 heavy (non-hydrogen) atoms. The van der Waals surface area contributed by atoms with Gasteiger partial charge in [0.1, 0.15) is 18.1 Å². The van der Waals surface area contributed by atoms with Crippen molar-refractivity contribution in [2.45, 2.75) is 77.5 Å². The highest BCUT2D eigenvalue weighted by Gasteiger charge is 2.31. The van der Waals surface area contributed by atoms with Gasteiger partial charge < -0.3 is 26.2 Å². The lowest BCUT2D eigenvalue weighted by Gasteiger charge is -2.29. The molecule has 3 rings (SSSR count). The number of carbonyl (C=O) groups is 5. The molecule has 5 amide bonds. The number of benzene rings is 1. The van der Waals surface area contributed by atoms with Gasteiger partial charge in [-0.25, -0.2) is 0 Å². The molecule has 1 aliphatic heterocycles. The van der Waals surface area contributed by atoms with Crippen LogP contribution in [0.25, 0.3) is 0 Å². The average Bonchev–Trinajstić information content (AvgIpc) is 3.44. The minimum Gasteiger partial charge on any atom is -0.350 e. The van der Waals surface area contributed by atoms with Crippen molar-refractivity contribution in [2.24, 2.45) is 5.92 Å². The first-order chi connectivity index (χ1) is 19.5. The number of hydrogen-bond acceptors (Lipinski definition) is 6. The summed E-state index contributed by atoms with van der Waals surface area (Å²) < 4.78 is 0. The Morgan fingerprint density at radius 3 is 2.24 bits per heavy atom. The fraction of sp³-hybridized carbons (Fsp3) is 0.500. The van der Waals surface area contributed by atoms with E-state index in [1.807, 2.05) is 67.9 Å². The largest absolute Gasteiger partial charge is 0.350 e. The first-order valence-electron chi connectivity index (χ1n) is 14.1. The Morgan fingerprint density at radius 1 is 0.927 bits per heavy atom. The molecule has 1 aromatic carbocycles. The van der Waals surface area contributed by atoms with Gasteiger partial charge in [0.2, 0.25) is 29.5 Å². The van der Waals surface area contributed by atoms with Gasteiger partial charge in [0.05, 0.1) is 13.0 Å². The average molecular weight is 584 g/mol. The maximum absolute atomic E-state index is 13.6. The second-order valence-corrected chi connectivity index (χ2v) is 11.7. The second-order valence-electron chi connectivity index (χ2n) is 10.9. The van der Waals surface area contributed by atoms with E-state index < -0.39 is 47.8 Å². The Morgan fingerprint density at radius 2 is 1.61 bits per heavy atom. The van der Waals surface area contributed by atoms with Crippen LogP contribution in [-0.4, -0.2) is 71.7 Å². The normalized spacial score (nSPS) is 23.1. The molecule has 0 aliphatic carbocycles. The molecule has 2 heterocycles. The summed E-state index contributed by atoms with van der Waals surface area (Å²) in [7, 11) is 0. The molecule has 2 aromatic rings. The number of carbonyl (C=O) groups excluding carboxylic acids is 5. The van der Waals surface area contributed by atoms with Gasteiger partial charge in [0, 0.05) is 19.0 Å². The van der Waals surface area contributed by atoms with E-state index in [2.05, 4.69) is 21.3 Å². The molecule has 1 aromatic heterocycles. The molecule has 222 valence electrons. The Labute approximate surface area is 245 Å². The SMILES string of the molecule is CC[C@H]1CN(C(=O)Cc2ccsc2)CC(=O)N[C@H](C)C(=O)N[C@@H](CC(C)C)C(=O)N[C@@H](Cc2ccccc2)C(=O)N1. The second kappa shape index (κ2) is 15.3. The molecule has 0 unspecified atom stereocenters. The van der Waals surface area contributed by atoms with Crippen LogP contribution in [0.5, 0.6) is 0 Å². The van der Waals surface area contributed by atoms with Crippen molar-refractivity contribution in [2.75, 3.05) is 13.1 Å². The Hall–Kier alpha value is -3.73. The summed E-state index contributed by atoms with van der Waals surface area (Å²) >= 11 is 1.48. The van der Waals surface area contributed by atoms with Crippen molar-refractivity contribution in [3.8, 4) is 0 Å². The van der Waals surface area contributed by atoms with Crippen LogP contribution in [0.1, 0.15) is 51.7 Å². The highest BCUT2D eigenvalue weighted by atomic mass is 32.1. The van der Waals surface area contributed by atoms with E-state index in [9.17, 15) is 24.0 Å². The number of thiophene rings is 1. The van der Waals surface area contributed by atoms with E-state index in [1.165, 1.54) is 23.2 Å². The molecule has 1 saturated heterocycles. The zero-order valence-electron chi connectivity index (χ0n) is 24.1. The van der Waals surface area contributed by atoms with Gasteiger partial charge in [0.15, 0.2) is 0 Å². The number of amides is 5. The van der Waals surface area contributed by atoms with Gasteiger partial charge in [-0.1, -0.05) is 51.1 Å². The van der Waals surface area contributed by atoms with Crippen LogP contribution in [0, 0.1) is 5.92 Å². The maximum Gasteiger partial charge on any atom is 0.243 e. The van der Waals surface area contributed by atoms with Gasteiger partial charge in [-0.2, -0.15) is 11.3 Å². The monoisotopic (exact) mass is 583 g/mol. The van der Waals surface area contributed by atoms with E-state index in [0.29, 0.717) is 12.8 Å². The van der Waals surface area contributed by atoms with Crippen molar-refractivity contribution in [3.63, 3.8) is 0 Å². The molecule has 0 radical (unpaired) electrons. The Bertz CT molecular complexity index is 1190. The third kappa shape index (κ3) is 10.00. The number of nitrogens with one attached hydrogen (secondary N) is 4. The lowest BCUT2D eigenvalue weighted by molar-refractivity contribution is -0.137. The van der Waals surface area contributed by atoms with Crippen LogP contribution >= 0.6 is 11.3 Å². The van der Waals surface area contributed by atoms with Crippen LogP contribution in [0.2, 0.25) is 0 Å². The maximum atomic E-state index is 13.6. The number of nitrogens with zero attached hydrogens (tertiary/aromatic N) is 1. The minimum atomic E-state index is -0.939. The van der Waals surface area contributed by atoms with E-state index in [0.717, 1.165) is 11.1 Å². The zero-order chi connectivity index (χ0) is 29.9. The summed E-state index contributed by atoms with van der Waals surface area (Å²) in [6.07, 6.45) is 1.20.